The Kier molecular flexibility index (Phi) is 8.13. The van der Waals surface area contributed by atoms with E-state index in [1.165, 1.54) is 0 Å². The topological polar surface area (TPSA) is 128 Å². The Balaban J connectivity index is 1.77. The molecule has 0 amide bonds. The normalized spacial score (nSPS) is 13.4. The van der Waals surface area contributed by atoms with Crippen LogP contribution < -0.4 is 9.80 Å². The number of rotatable bonds is 12. The van der Waals surface area contributed by atoms with Crippen LogP contribution in [0.25, 0.3) is 11.1 Å². The first-order valence-electron chi connectivity index (χ1n) is 10.6. The number of anilines is 2. The predicted molar refractivity (Wildman–Crippen MR) is 125 cm³/mol. The fourth-order valence-electron chi connectivity index (χ4n) is 3.86. The zero-order valence-electron chi connectivity index (χ0n) is 17.9. The molecule has 0 radical (unpaired) electrons. The first-order valence-corrected chi connectivity index (χ1v) is 10.6. The molecule has 6 N–H and O–H groups in total. The Hall–Kier alpha value is -3.04. The van der Waals surface area contributed by atoms with Crippen molar-refractivity contribution in [2.75, 3.05) is 62.4 Å². The minimum atomic E-state index is -0.0306. The van der Waals surface area contributed by atoms with Crippen molar-refractivity contribution in [3.63, 3.8) is 0 Å². The van der Waals surface area contributed by atoms with Crippen LogP contribution in [0.1, 0.15) is 11.1 Å². The van der Waals surface area contributed by atoms with Gasteiger partial charge in [0.1, 0.15) is 11.5 Å². The van der Waals surface area contributed by atoms with Crippen molar-refractivity contribution in [1.29, 1.82) is 0 Å². The Morgan fingerprint density at radius 3 is 1.00 bits per heavy atom. The summed E-state index contributed by atoms with van der Waals surface area (Å²) in [6.45, 7) is 1.46. The van der Waals surface area contributed by atoms with Crippen molar-refractivity contribution in [3.05, 3.63) is 71.2 Å². The van der Waals surface area contributed by atoms with E-state index in [-0.39, 0.29) is 37.9 Å². The van der Waals surface area contributed by atoms with E-state index in [0.717, 1.165) is 11.4 Å². The molecule has 0 heterocycles. The van der Waals surface area contributed by atoms with Crippen molar-refractivity contribution < 1.29 is 30.6 Å². The molecule has 3 rings (SSSR count). The zero-order chi connectivity index (χ0) is 23.1. The van der Waals surface area contributed by atoms with Gasteiger partial charge in [-0.25, -0.2) is 0 Å². The average Bonchev–Trinajstić information content (AvgIpc) is 2.80. The second-order valence-corrected chi connectivity index (χ2v) is 7.41. The highest BCUT2D eigenvalue weighted by molar-refractivity contribution is 6.06. The zero-order valence-corrected chi connectivity index (χ0v) is 17.9. The van der Waals surface area contributed by atoms with Crippen LogP contribution in [0.4, 0.5) is 11.4 Å². The number of aliphatic hydroxyl groups excluding tert-OH is 6. The monoisotopic (exact) mass is 442 g/mol. The van der Waals surface area contributed by atoms with Gasteiger partial charge in [-0.1, -0.05) is 24.3 Å². The lowest BCUT2D eigenvalue weighted by atomic mass is 9.84. The molecule has 8 nitrogen and oxygen atoms in total. The van der Waals surface area contributed by atoms with Crippen molar-refractivity contribution >= 4 is 22.5 Å². The third-order valence-corrected chi connectivity index (χ3v) is 5.47. The molecule has 0 bridgehead atoms. The second kappa shape index (κ2) is 11.0. The lowest BCUT2D eigenvalue weighted by Gasteiger charge is -2.27. The molecule has 1 aliphatic carbocycles. The van der Waals surface area contributed by atoms with Gasteiger partial charge in [-0.3, -0.25) is 0 Å². The van der Waals surface area contributed by atoms with Gasteiger partial charge in [-0.2, -0.15) is 0 Å². The summed E-state index contributed by atoms with van der Waals surface area (Å²) in [4.78, 5) is 3.69. The number of benzene rings is 2. The summed E-state index contributed by atoms with van der Waals surface area (Å²) in [5.74, 6) is 0.0151. The molecule has 1 aliphatic rings. The van der Waals surface area contributed by atoms with E-state index in [1.807, 2.05) is 34.1 Å². The van der Waals surface area contributed by atoms with Crippen LogP contribution in [0.3, 0.4) is 0 Å². The van der Waals surface area contributed by atoms with Gasteiger partial charge in [0.15, 0.2) is 0 Å². The second-order valence-electron chi connectivity index (χ2n) is 7.41. The molecule has 0 fully saturated rings. The smallest absolute Gasteiger partial charge is 0.138 e. The Labute approximate surface area is 187 Å². The van der Waals surface area contributed by atoms with E-state index >= 15 is 0 Å². The standard InChI is InChI=1S/C24H30N2O6/c27-13-9-25(10-14-28)19-5-1-17(2-6-19)21-23(31)22(24(21)32)18-3-7-20(8-4-18)26(11-15-29)12-16-30/h1-8,27-32H,9-16H2. The van der Waals surface area contributed by atoms with Crippen LogP contribution in [0, 0.1) is 0 Å². The molecule has 2 aromatic carbocycles. The Bertz CT molecular complexity index is 851. The highest BCUT2D eigenvalue weighted by atomic mass is 16.3. The van der Waals surface area contributed by atoms with E-state index in [9.17, 15) is 30.6 Å². The van der Waals surface area contributed by atoms with Crippen LogP contribution in [0.2, 0.25) is 0 Å². The van der Waals surface area contributed by atoms with Crippen molar-refractivity contribution in [2.45, 2.75) is 0 Å². The number of allylic oxidation sites excluding steroid dienone is 2. The minimum Gasteiger partial charge on any atom is -0.506 e. The molecule has 0 saturated carbocycles. The van der Waals surface area contributed by atoms with E-state index < -0.39 is 0 Å². The molecule has 0 unspecified atom stereocenters. The van der Waals surface area contributed by atoms with Gasteiger partial charge in [0.2, 0.25) is 0 Å². The van der Waals surface area contributed by atoms with Crippen molar-refractivity contribution in [1.82, 2.24) is 0 Å². The summed E-state index contributed by atoms with van der Waals surface area (Å²) in [6, 6.07) is 14.4. The van der Waals surface area contributed by atoms with Crippen LogP contribution in [0.5, 0.6) is 0 Å². The fraction of sp³-hybridized carbons (Fsp3) is 0.333. The first-order chi connectivity index (χ1) is 15.5. The summed E-state index contributed by atoms with van der Waals surface area (Å²) in [5, 5.41) is 58.1. The van der Waals surface area contributed by atoms with E-state index in [0.29, 0.717) is 48.5 Å². The van der Waals surface area contributed by atoms with Gasteiger partial charge >= 0.3 is 0 Å². The van der Waals surface area contributed by atoms with Crippen molar-refractivity contribution in [2.24, 2.45) is 0 Å². The van der Waals surface area contributed by atoms with E-state index in [1.54, 1.807) is 24.3 Å². The van der Waals surface area contributed by atoms with Crippen LogP contribution in [-0.4, -0.2) is 83.2 Å². The lowest BCUT2D eigenvalue weighted by molar-refractivity contribution is 0.280. The van der Waals surface area contributed by atoms with Crippen LogP contribution in [-0.2, 0) is 0 Å². The van der Waals surface area contributed by atoms with Gasteiger partial charge < -0.3 is 40.4 Å². The lowest BCUT2D eigenvalue weighted by Crippen LogP contribution is -2.29. The molecule has 0 saturated heterocycles. The van der Waals surface area contributed by atoms with Gasteiger partial charge in [0.05, 0.1) is 37.6 Å². The van der Waals surface area contributed by atoms with Crippen molar-refractivity contribution in [3.8, 4) is 0 Å². The quantitative estimate of drug-likeness (QED) is 0.292. The predicted octanol–water partition coefficient (Wildman–Crippen LogP) is 1.52. The number of nitrogens with zero attached hydrogens (tertiary/aromatic N) is 2. The molecule has 172 valence electrons. The highest BCUT2D eigenvalue weighted by Gasteiger charge is 2.31. The molecule has 32 heavy (non-hydrogen) atoms. The maximum atomic E-state index is 10.6. The van der Waals surface area contributed by atoms with Gasteiger partial charge in [0, 0.05) is 37.6 Å². The Morgan fingerprint density at radius 1 is 0.469 bits per heavy atom. The van der Waals surface area contributed by atoms with Crippen LogP contribution in [0.15, 0.2) is 60.0 Å². The Morgan fingerprint density at radius 2 is 0.750 bits per heavy atom. The number of hydrogen-bond acceptors (Lipinski definition) is 8. The minimum absolute atomic E-state index is 0.00754. The average molecular weight is 443 g/mol. The summed E-state index contributed by atoms with van der Waals surface area (Å²) < 4.78 is 0. The molecule has 0 spiro atoms. The molecule has 8 heteroatoms. The summed E-state index contributed by atoms with van der Waals surface area (Å²) in [7, 11) is 0. The number of aliphatic hydroxyl groups is 6. The fourth-order valence-corrected chi connectivity index (χ4v) is 3.86. The first kappa shape index (κ1) is 23.6. The van der Waals surface area contributed by atoms with Gasteiger partial charge in [-0.05, 0) is 35.4 Å². The molecular weight excluding hydrogens is 412 g/mol. The van der Waals surface area contributed by atoms with Gasteiger partial charge in [0.25, 0.3) is 0 Å². The molecular formula is C24H30N2O6. The molecule has 0 atom stereocenters. The third-order valence-electron chi connectivity index (χ3n) is 5.47. The molecule has 0 aromatic heterocycles. The maximum absolute atomic E-state index is 10.6. The molecule has 0 aliphatic heterocycles. The number of hydrogen-bond donors (Lipinski definition) is 6. The van der Waals surface area contributed by atoms with E-state index in [4.69, 9.17) is 0 Å². The SMILES string of the molecule is OCCN(CCO)c1ccc(C2=C(O)C(c3ccc(N(CCO)CCO)cc3)=C2O)cc1. The maximum Gasteiger partial charge on any atom is 0.138 e. The van der Waals surface area contributed by atoms with Gasteiger partial charge in [-0.15, -0.1) is 0 Å². The molecule has 2 aromatic rings. The van der Waals surface area contributed by atoms with E-state index in [2.05, 4.69) is 0 Å². The highest BCUT2D eigenvalue weighted by Crippen LogP contribution is 2.44. The summed E-state index contributed by atoms with van der Waals surface area (Å²) in [5.41, 5.74) is 3.71. The summed E-state index contributed by atoms with van der Waals surface area (Å²) >= 11 is 0. The summed E-state index contributed by atoms with van der Waals surface area (Å²) in [6.07, 6.45) is 0. The largest absolute Gasteiger partial charge is 0.506 e. The third kappa shape index (κ3) is 4.89. The van der Waals surface area contributed by atoms with Crippen LogP contribution >= 0.6 is 0 Å².